The van der Waals surface area contributed by atoms with Gasteiger partial charge in [0.2, 0.25) is 0 Å². The molecule has 1 saturated heterocycles. The molecular weight excluding hydrogens is 362 g/mol. The molecule has 0 spiro atoms. The van der Waals surface area contributed by atoms with E-state index < -0.39 is 0 Å². The molecule has 148 valence electrons. The lowest BCUT2D eigenvalue weighted by Crippen LogP contribution is -2.39. The first-order valence-electron chi connectivity index (χ1n) is 10.2. The van der Waals surface area contributed by atoms with E-state index in [4.69, 9.17) is 4.98 Å². The monoisotopic (exact) mass is 387 g/mol. The Morgan fingerprint density at radius 1 is 1.14 bits per heavy atom. The van der Waals surface area contributed by atoms with Gasteiger partial charge in [0, 0.05) is 18.0 Å². The minimum Gasteiger partial charge on any atom is -0.380 e. The zero-order valence-corrected chi connectivity index (χ0v) is 16.7. The van der Waals surface area contributed by atoms with Gasteiger partial charge in [-0.2, -0.15) is 0 Å². The first kappa shape index (κ1) is 17.9. The average molecular weight is 387 g/mol. The number of imidazole rings is 1. The Labute approximate surface area is 168 Å². The van der Waals surface area contributed by atoms with Gasteiger partial charge in [-0.25, -0.2) is 4.98 Å². The maximum Gasteiger partial charge on any atom is 0.261 e. The number of para-hydroxylation sites is 2. The molecule has 1 aliphatic rings. The Balaban J connectivity index is 1.78. The largest absolute Gasteiger partial charge is 0.380 e. The van der Waals surface area contributed by atoms with Gasteiger partial charge in [-0.1, -0.05) is 23.8 Å². The molecule has 4 aromatic rings. The summed E-state index contributed by atoms with van der Waals surface area (Å²) in [6.07, 6.45) is 2.20. The number of piperidine rings is 1. The number of benzene rings is 2. The minimum absolute atomic E-state index is 0.130. The normalized spacial score (nSPS) is 17.1. The van der Waals surface area contributed by atoms with Crippen LogP contribution < -0.4 is 16.2 Å². The quantitative estimate of drug-likeness (QED) is 0.430. The highest BCUT2D eigenvalue weighted by molar-refractivity contribution is 6.00. The summed E-state index contributed by atoms with van der Waals surface area (Å²) in [5.41, 5.74) is 6.20. The van der Waals surface area contributed by atoms with E-state index in [0.717, 1.165) is 59.1 Å². The third kappa shape index (κ3) is 3.19. The van der Waals surface area contributed by atoms with E-state index in [1.54, 1.807) is 0 Å². The summed E-state index contributed by atoms with van der Waals surface area (Å²) in [5, 5.41) is 8.17. The van der Waals surface area contributed by atoms with Crippen LogP contribution in [0.4, 0.5) is 5.69 Å². The lowest BCUT2D eigenvalue weighted by atomic mass is 10.0. The van der Waals surface area contributed by atoms with Crippen LogP contribution in [0.1, 0.15) is 24.0 Å². The fourth-order valence-electron chi connectivity index (χ4n) is 4.38. The summed E-state index contributed by atoms with van der Waals surface area (Å²) in [6, 6.07) is 12.4. The van der Waals surface area contributed by atoms with E-state index in [9.17, 15) is 4.79 Å². The van der Waals surface area contributed by atoms with E-state index in [1.165, 1.54) is 5.56 Å². The predicted octanol–water partition coefficient (Wildman–Crippen LogP) is 3.85. The number of H-pyrrole nitrogens is 2. The molecule has 0 saturated carbocycles. The number of hydrogen-bond acceptors (Lipinski definition) is 4. The number of aromatic amines is 2. The van der Waals surface area contributed by atoms with Crippen molar-refractivity contribution in [1.82, 2.24) is 20.3 Å². The molecule has 0 bridgehead atoms. The van der Waals surface area contributed by atoms with E-state index >= 15 is 0 Å². The first-order valence-corrected chi connectivity index (χ1v) is 10.2. The maximum atomic E-state index is 13.2. The summed E-state index contributed by atoms with van der Waals surface area (Å²) in [5.74, 6) is 0.597. The molecule has 1 aliphatic heterocycles. The topological polar surface area (TPSA) is 85.6 Å². The summed E-state index contributed by atoms with van der Waals surface area (Å²) >= 11 is 0. The highest BCUT2D eigenvalue weighted by Gasteiger charge is 2.22. The second kappa shape index (κ2) is 7.04. The van der Waals surface area contributed by atoms with Crippen molar-refractivity contribution in [3.05, 3.63) is 57.9 Å². The number of pyridine rings is 1. The number of nitrogens with zero attached hydrogens (tertiary/aromatic N) is 1. The molecule has 29 heavy (non-hydrogen) atoms. The second-order valence-corrected chi connectivity index (χ2v) is 8.00. The summed E-state index contributed by atoms with van der Waals surface area (Å²) in [7, 11) is 0. The van der Waals surface area contributed by atoms with Crippen LogP contribution in [-0.4, -0.2) is 34.1 Å². The highest BCUT2D eigenvalue weighted by Crippen LogP contribution is 2.33. The fourth-order valence-corrected chi connectivity index (χ4v) is 4.38. The first-order chi connectivity index (χ1) is 14.1. The Morgan fingerprint density at radius 3 is 2.79 bits per heavy atom. The molecule has 3 heterocycles. The van der Waals surface area contributed by atoms with E-state index in [-0.39, 0.29) is 11.6 Å². The van der Waals surface area contributed by atoms with Crippen LogP contribution >= 0.6 is 0 Å². The molecular formula is C23H25N5O. The van der Waals surface area contributed by atoms with Gasteiger partial charge in [-0.05, 0) is 57.0 Å². The number of rotatable bonds is 3. The molecule has 6 heteroatoms. The van der Waals surface area contributed by atoms with Crippen molar-refractivity contribution >= 4 is 27.6 Å². The van der Waals surface area contributed by atoms with Crippen molar-refractivity contribution in [2.75, 3.05) is 18.4 Å². The number of fused-ring (bicyclic) bond motifs is 2. The fraction of sp³-hybridized carbons (Fsp3) is 0.304. The molecule has 0 aliphatic carbocycles. The summed E-state index contributed by atoms with van der Waals surface area (Å²) in [4.78, 5) is 24.4. The van der Waals surface area contributed by atoms with E-state index in [2.05, 4.69) is 39.7 Å². The standard InChI is InChI=1S/C23H25N5O/c1-13-10-14(2)20-16(11-13)21(25-15-6-5-9-24-12-15)19(23(29)28-20)22-26-17-7-3-4-8-18(17)27-22/h3-4,7-8,10-11,15,24H,5-6,9,12H2,1-2H3,(H,26,27)(H2,25,28,29). The summed E-state index contributed by atoms with van der Waals surface area (Å²) < 4.78 is 0. The Bertz CT molecular complexity index is 1230. The van der Waals surface area contributed by atoms with Gasteiger partial charge in [0.25, 0.3) is 5.56 Å². The van der Waals surface area contributed by atoms with Crippen molar-refractivity contribution in [1.29, 1.82) is 0 Å². The number of anilines is 1. The van der Waals surface area contributed by atoms with Crippen LogP contribution in [0.2, 0.25) is 0 Å². The zero-order valence-electron chi connectivity index (χ0n) is 16.7. The van der Waals surface area contributed by atoms with Crippen LogP contribution in [0, 0.1) is 13.8 Å². The second-order valence-electron chi connectivity index (χ2n) is 8.00. The Kier molecular flexibility index (Phi) is 4.36. The van der Waals surface area contributed by atoms with Crippen molar-refractivity contribution in [2.24, 2.45) is 0 Å². The molecule has 6 nitrogen and oxygen atoms in total. The van der Waals surface area contributed by atoms with Crippen molar-refractivity contribution < 1.29 is 0 Å². The van der Waals surface area contributed by atoms with Gasteiger partial charge >= 0.3 is 0 Å². The number of aryl methyl sites for hydroxylation is 2. The van der Waals surface area contributed by atoms with Crippen LogP contribution in [0.5, 0.6) is 0 Å². The SMILES string of the molecule is Cc1cc(C)c2[nH]c(=O)c(-c3nc4ccccc4[nH]3)c(NC3CCCNC3)c2c1. The van der Waals surface area contributed by atoms with E-state index in [1.807, 2.05) is 31.2 Å². The molecule has 0 amide bonds. The Morgan fingerprint density at radius 2 is 2.00 bits per heavy atom. The molecule has 5 rings (SSSR count). The number of aromatic nitrogens is 3. The van der Waals surface area contributed by atoms with E-state index in [0.29, 0.717) is 11.4 Å². The van der Waals surface area contributed by atoms with Crippen molar-refractivity contribution in [3.63, 3.8) is 0 Å². The lowest BCUT2D eigenvalue weighted by Gasteiger charge is -2.26. The molecule has 2 aromatic carbocycles. The van der Waals surface area contributed by atoms with Crippen LogP contribution in [0.3, 0.4) is 0 Å². The number of hydrogen-bond donors (Lipinski definition) is 4. The summed E-state index contributed by atoms with van der Waals surface area (Å²) in [6.45, 7) is 6.06. The minimum atomic E-state index is -0.130. The molecule has 2 aromatic heterocycles. The van der Waals surface area contributed by atoms with Gasteiger partial charge in [0.15, 0.2) is 0 Å². The van der Waals surface area contributed by atoms with Crippen LogP contribution in [0.15, 0.2) is 41.2 Å². The van der Waals surface area contributed by atoms with Gasteiger partial charge in [0.1, 0.15) is 11.4 Å². The lowest BCUT2D eigenvalue weighted by molar-refractivity contribution is 0.480. The smallest absolute Gasteiger partial charge is 0.261 e. The third-order valence-electron chi connectivity index (χ3n) is 5.74. The van der Waals surface area contributed by atoms with Gasteiger partial charge in [0.05, 0.1) is 22.2 Å². The zero-order chi connectivity index (χ0) is 20.0. The van der Waals surface area contributed by atoms with Gasteiger partial charge in [-0.15, -0.1) is 0 Å². The Hall–Kier alpha value is -3.12. The molecule has 1 unspecified atom stereocenters. The molecule has 1 atom stereocenters. The molecule has 1 fully saturated rings. The van der Waals surface area contributed by atoms with Crippen molar-refractivity contribution in [2.45, 2.75) is 32.7 Å². The van der Waals surface area contributed by atoms with Gasteiger partial charge < -0.3 is 20.6 Å². The number of nitrogens with one attached hydrogen (secondary N) is 4. The molecule has 4 N–H and O–H groups in total. The maximum absolute atomic E-state index is 13.2. The van der Waals surface area contributed by atoms with Crippen LogP contribution in [0.25, 0.3) is 33.3 Å². The molecule has 0 radical (unpaired) electrons. The predicted molar refractivity (Wildman–Crippen MR) is 119 cm³/mol. The third-order valence-corrected chi connectivity index (χ3v) is 5.74. The highest BCUT2D eigenvalue weighted by atomic mass is 16.1. The van der Waals surface area contributed by atoms with Crippen molar-refractivity contribution in [3.8, 4) is 11.4 Å². The van der Waals surface area contributed by atoms with Crippen LogP contribution in [-0.2, 0) is 0 Å². The van der Waals surface area contributed by atoms with Gasteiger partial charge in [-0.3, -0.25) is 4.79 Å². The average Bonchev–Trinajstić information content (AvgIpc) is 3.13.